The number of nitriles is 1. The molecule has 0 N–H and O–H groups in total. The van der Waals surface area contributed by atoms with Crippen LogP contribution in [0.2, 0.25) is 0 Å². The van der Waals surface area contributed by atoms with Crippen LogP contribution in [0.5, 0.6) is 5.75 Å². The molecule has 33 heavy (non-hydrogen) atoms. The number of halogens is 3. The smallest absolute Gasteiger partial charge is 0.443 e. The molecule has 176 valence electrons. The minimum Gasteiger partial charge on any atom is -0.443 e. The average Bonchev–Trinajstić information content (AvgIpc) is 3.00. The fourth-order valence-electron chi connectivity index (χ4n) is 3.16. The molecule has 0 radical (unpaired) electrons. The highest BCUT2D eigenvalue weighted by Crippen LogP contribution is 2.36. The summed E-state index contributed by atoms with van der Waals surface area (Å²) in [6.07, 6.45) is 0.429. The van der Waals surface area contributed by atoms with E-state index in [1.54, 1.807) is 20.8 Å². The lowest BCUT2D eigenvalue weighted by Gasteiger charge is -2.20. The number of carbonyl (C=O) groups is 1. The molecule has 2 heterocycles. The number of fused-ring (bicyclic) bond motifs is 3. The maximum absolute atomic E-state index is 13.0. The van der Waals surface area contributed by atoms with E-state index in [9.17, 15) is 31.6 Å². The minimum atomic E-state index is -5.93. The number of carbonyl (C=O) groups excluding carboxylic acids is 1. The molecule has 0 aliphatic carbocycles. The second kappa shape index (κ2) is 8.20. The van der Waals surface area contributed by atoms with Gasteiger partial charge in [-0.1, -0.05) is 0 Å². The van der Waals surface area contributed by atoms with Gasteiger partial charge >= 0.3 is 21.7 Å². The Kier molecular flexibility index (Phi) is 6.03. The van der Waals surface area contributed by atoms with E-state index >= 15 is 0 Å². The van der Waals surface area contributed by atoms with Crippen molar-refractivity contribution in [1.29, 1.82) is 5.26 Å². The molecule has 9 nitrogen and oxygen atoms in total. The number of rotatable bonds is 4. The van der Waals surface area contributed by atoms with Crippen molar-refractivity contribution in [2.24, 2.45) is 0 Å². The van der Waals surface area contributed by atoms with E-state index in [2.05, 4.69) is 9.17 Å². The predicted molar refractivity (Wildman–Crippen MR) is 110 cm³/mol. The maximum atomic E-state index is 13.0. The zero-order valence-corrected chi connectivity index (χ0v) is 18.7. The zero-order valence-electron chi connectivity index (χ0n) is 17.8. The molecule has 13 heteroatoms. The molecule has 0 saturated carbocycles. The van der Waals surface area contributed by atoms with Gasteiger partial charge in [0.1, 0.15) is 23.1 Å². The highest BCUT2D eigenvalue weighted by molar-refractivity contribution is 7.88. The van der Waals surface area contributed by atoms with Crippen LogP contribution in [0.1, 0.15) is 32.0 Å². The summed E-state index contributed by atoms with van der Waals surface area (Å²) >= 11 is 0. The Hall–Kier alpha value is -3.37. The number of benzene rings is 1. The first-order valence-corrected chi connectivity index (χ1v) is 10.7. The van der Waals surface area contributed by atoms with E-state index in [-0.39, 0.29) is 39.7 Å². The van der Waals surface area contributed by atoms with E-state index in [0.29, 0.717) is 0 Å². The molecular formula is C20H18F3N3O6S. The van der Waals surface area contributed by atoms with Gasteiger partial charge in [0.2, 0.25) is 0 Å². The lowest BCUT2D eigenvalue weighted by molar-refractivity contribution is -0.0500. The Balaban J connectivity index is 2.37. The van der Waals surface area contributed by atoms with E-state index < -0.39 is 33.1 Å². The first-order chi connectivity index (χ1) is 15.2. The number of pyridine rings is 1. The fraction of sp³-hybridized carbons (Fsp3) is 0.350. The third kappa shape index (κ3) is 4.57. The Morgan fingerprint density at radius 3 is 2.42 bits per heavy atom. The van der Waals surface area contributed by atoms with E-state index in [4.69, 9.17) is 9.47 Å². The van der Waals surface area contributed by atoms with Crippen molar-refractivity contribution in [3.05, 3.63) is 35.7 Å². The van der Waals surface area contributed by atoms with Gasteiger partial charge in [0, 0.05) is 23.4 Å². The summed E-state index contributed by atoms with van der Waals surface area (Å²) in [5, 5.41) is 9.83. The molecule has 0 aliphatic rings. The second-order valence-corrected chi connectivity index (χ2v) is 9.41. The first-order valence-electron chi connectivity index (χ1n) is 9.29. The Morgan fingerprint density at radius 2 is 1.88 bits per heavy atom. The molecule has 0 unspecified atom stereocenters. The second-order valence-electron chi connectivity index (χ2n) is 7.87. The molecule has 0 bridgehead atoms. The van der Waals surface area contributed by atoms with Gasteiger partial charge < -0.3 is 13.7 Å². The van der Waals surface area contributed by atoms with Gasteiger partial charge in [-0.3, -0.25) is 0 Å². The van der Waals surface area contributed by atoms with Crippen molar-refractivity contribution >= 4 is 38.0 Å². The minimum absolute atomic E-state index is 0.0400. The van der Waals surface area contributed by atoms with Gasteiger partial charge in [0.05, 0.1) is 23.8 Å². The lowest BCUT2D eigenvalue weighted by atomic mass is 10.1. The molecule has 2 aromatic heterocycles. The van der Waals surface area contributed by atoms with Crippen molar-refractivity contribution < 1.29 is 40.0 Å². The number of aromatic nitrogens is 2. The molecule has 0 aliphatic heterocycles. The average molecular weight is 485 g/mol. The summed E-state index contributed by atoms with van der Waals surface area (Å²) in [4.78, 5) is 17.0. The van der Waals surface area contributed by atoms with Crippen LogP contribution in [0, 0.1) is 11.3 Å². The number of methoxy groups -OCH3 is 1. The summed E-state index contributed by atoms with van der Waals surface area (Å²) in [6, 6.07) is 5.11. The number of alkyl halides is 3. The molecule has 0 saturated heterocycles. The largest absolute Gasteiger partial charge is 0.534 e. The van der Waals surface area contributed by atoms with E-state index in [1.807, 2.05) is 6.07 Å². The van der Waals surface area contributed by atoms with Gasteiger partial charge in [-0.2, -0.15) is 26.9 Å². The van der Waals surface area contributed by atoms with E-state index in [1.165, 1.54) is 19.4 Å². The number of ether oxygens (including phenoxy) is 2. The summed E-state index contributed by atoms with van der Waals surface area (Å²) in [7, 11) is -4.57. The Bertz CT molecular complexity index is 1400. The quantitative estimate of drug-likeness (QED) is 0.398. The standard InChI is InChI=1S/C20H18F3N3O6S/c1-19(2,3)31-18(27)26-15-6-5-11(32-33(28,29)20(21,22)23)7-12(15)17-13(10-30-4)14(8-24)25-9-16(17)26/h5-7,9H,10H2,1-4H3. The van der Waals surface area contributed by atoms with Crippen molar-refractivity contribution in [2.75, 3.05) is 7.11 Å². The van der Waals surface area contributed by atoms with Gasteiger partial charge in [-0.25, -0.2) is 14.3 Å². The molecular weight excluding hydrogens is 467 g/mol. The molecule has 0 fully saturated rings. The van der Waals surface area contributed by atoms with Crippen LogP contribution in [0.15, 0.2) is 24.4 Å². The van der Waals surface area contributed by atoms with Crippen molar-refractivity contribution in [3.8, 4) is 11.8 Å². The van der Waals surface area contributed by atoms with Gasteiger partial charge in [-0.15, -0.1) is 0 Å². The van der Waals surface area contributed by atoms with Crippen LogP contribution in [0.25, 0.3) is 21.8 Å². The van der Waals surface area contributed by atoms with Crippen LogP contribution in [-0.2, 0) is 26.2 Å². The van der Waals surface area contributed by atoms with Crippen LogP contribution >= 0.6 is 0 Å². The first kappa shape index (κ1) is 24.3. The van der Waals surface area contributed by atoms with Gasteiger partial charge in [-0.05, 0) is 39.0 Å². The Labute approximate surface area is 186 Å². The number of hydrogen-bond donors (Lipinski definition) is 0. The number of nitrogens with zero attached hydrogens (tertiary/aromatic N) is 3. The highest BCUT2D eigenvalue weighted by Gasteiger charge is 2.48. The Morgan fingerprint density at radius 1 is 1.21 bits per heavy atom. The summed E-state index contributed by atoms with van der Waals surface area (Å²) in [5.41, 5.74) is -5.95. The normalized spacial score (nSPS) is 12.7. The lowest BCUT2D eigenvalue weighted by Crippen LogP contribution is -2.28. The molecule has 0 amide bonds. The summed E-state index contributed by atoms with van der Waals surface area (Å²) in [5.74, 6) is -0.637. The fourth-order valence-corrected chi connectivity index (χ4v) is 3.61. The molecule has 1 aromatic carbocycles. The monoisotopic (exact) mass is 485 g/mol. The zero-order chi connectivity index (χ0) is 24.8. The molecule has 3 aromatic rings. The van der Waals surface area contributed by atoms with Crippen molar-refractivity contribution in [1.82, 2.24) is 9.55 Å². The summed E-state index contributed by atoms with van der Waals surface area (Å²) in [6.45, 7) is 4.83. The molecule has 0 atom stereocenters. The topological polar surface area (TPSA) is 121 Å². The summed E-state index contributed by atoms with van der Waals surface area (Å²) < 4.78 is 77.2. The third-order valence-electron chi connectivity index (χ3n) is 4.34. The van der Waals surface area contributed by atoms with Crippen LogP contribution in [0.3, 0.4) is 0 Å². The number of hydrogen-bond acceptors (Lipinski definition) is 8. The third-order valence-corrected chi connectivity index (χ3v) is 5.32. The highest BCUT2D eigenvalue weighted by atomic mass is 32.2. The van der Waals surface area contributed by atoms with Gasteiger partial charge in [0.25, 0.3) is 0 Å². The predicted octanol–water partition coefficient (Wildman–Crippen LogP) is 4.22. The van der Waals surface area contributed by atoms with Crippen LogP contribution in [-0.4, -0.2) is 42.3 Å². The molecule has 0 spiro atoms. The molecule has 3 rings (SSSR count). The van der Waals surface area contributed by atoms with Crippen molar-refractivity contribution in [2.45, 2.75) is 38.5 Å². The van der Waals surface area contributed by atoms with Gasteiger partial charge in [0.15, 0.2) is 0 Å². The van der Waals surface area contributed by atoms with E-state index in [0.717, 1.165) is 16.7 Å². The van der Waals surface area contributed by atoms with Crippen molar-refractivity contribution in [3.63, 3.8) is 0 Å². The maximum Gasteiger partial charge on any atom is 0.534 e. The van der Waals surface area contributed by atoms with Crippen LogP contribution in [0.4, 0.5) is 18.0 Å². The van der Waals surface area contributed by atoms with Crippen LogP contribution < -0.4 is 4.18 Å². The SMILES string of the molecule is COCc1c(C#N)ncc2c1c1cc(OS(=O)(=O)C(F)(F)F)ccc1n2C(=O)OC(C)(C)C.